The number of nitrogens with one attached hydrogen (secondary N) is 2. The van der Waals surface area contributed by atoms with E-state index < -0.39 is 12.4 Å². The molecule has 0 aliphatic carbocycles. The van der Waals surface area contributed by atoms with E-state index in [0.29, 0.717) is 31.2 Å². The first-order valence-electron chi connectivity index (χ1n) is 7.57. The first-order valence-corrected chi connectivity index (χ1v) is 7.57. The Bertz CT molecular complexity index is 525. The number of benzene rings is 1. The molecule has 24 heavy (non-hydrogen) atoms. The van der Waals surface area contributed by atoms with Crippen LogP contribution in [0.4, 0.5) is 13.7 Å². The summed E-state index contributed by atoms with van der Waals surface area (Å²) in [6.45, 7) is 1.60. The van der Waals surface area contributed by atoms with Gasteiger partial charge in [0.2, 0.25) is 0 Å². The van der Waals surface area contributed by atoms with Gasteiger partial charge >= 0.3 is 6.09 Å². The van der Waals surface area contributed by atoms with Crippen molar-refractivity contribution in [3.8, 4) is 11.5 Å². The first-order chi connectivity index (χ1) is 11.6. The summed E-state index contributed by atoms with van der Waals surface area (Å²) >= 11 is 0. The van der Waals surface area contributed by atoms with Crippen LogP contribution in [0.5, 0.6) is 11.5 Å². The number of halogens is 2. The molecule has 0 bridgehead atoms. The van der Waals surface area contributed by atoms with Crippen LogP contribution in [0.2, 0.25) is 0 Å². The molecule has 0 saturated carbocycles. The molecule has 2 unspecified atom stereocenters. The molecule has 1 aromatic rings. The van der Waals surface area contributed by atoms with Crippen LogP contribution in [0.15, 0.2) is 24.3 Å². The molecule has 2 N–H and O–H groups in total. The Morgan fingerprint density at radius 1 is 1.33 bits per heavy atom. The number of carbonyl (C=O) groups is 1. The lowest BCUT2D eigenvalue weighted by molar-refractivity contribution is -0.0917. The van der Waals surface area contributed by atoms with Gasteiger partial charge in [-0.3, -0.25) is 0 Å². The van der Waals surface area contributed by atoms with Crippen LogP contribution < -0.4 is 20.1 Å². The second kappa shape index (κ2) is 9.24. The zero-order valence-electron chi connectivity index (χ0n) is 13.3. The molecule has 2 saturated heterocycles. The Morgan fingerprint density at radius 2 is 2.08 bits per heavy atom. The molecule has 1 aromatic carbocycles. The van der Waals surface area contributed by atoms with Crippen molar-refractivity contribution in [2.45, 2.75) is 12.4 Å². The summed E-state index contributed by atoms with van der Waals surface area (Å²) in [4.78, 5) is 10.8. The summed E-state index contributed by atoms with van der Waals surface area (Å²) in [7, 11) is 1.58. The van der Waals surface area contributed by atoms with E-state index >= 15 is 0 Å². The summed E-state index contributed by atoms with van der Waals surface area (Å²) in [6, 6.07) is 7.34. The third-order valence-electron chi connectivity index (χ3n) is 3.36. The van der Waals surface area contributed by atoms with Gasteiger partial charge in [-0.25, -0.2) is 9.18 Å². The highest BCUT2D eigenvalue weighted by atomic mass is 19.2. The van der Waals surface area contributed by atoms with E-state index in [2.05, 4.69) is 10.6 Å². The lowest BCUT2D eigenvalue weighted by Crippen LogP contribution is -2.44. The normalized spacial score (nSPS) is 23.5. The van der Waals surface area contributed by atoms with Gasteiger partial charge in [-0.15, -0.1) is 9.60 Å². The predicted octanol–water partition coefficient (Wildman–Crippen LogP) is 1.25. The number of piperazine rings is 1. The summed E-state index contributed by atoms with van der Waals surface area (Å²) in [5.74, 6) is 1.31. The van der Waals surface area contributed by atoms with Gasteiger partial charge in [-0.2, -0.15) is 0 Å². The van der Waals surface area contributed by atoms with Crippen molar-refractivity contribution in [1.29, 1.82) is 0 Å². The molecule has 134 valence electrons. The molecule has 7 nitrogen and oxygen atoms in total. The van der Waals surface area contributed by atoms with E-state index in [0.717, 1.165) is 0 Å². The summed E-state index contributed by atoms with van der Waals surface area (Å²) in [6.07, 6.45) is -2.07. The van der Waals surface area contributed by atoms with E-state index in [1.54, 1.807) is 7.11 Å². The van der Waals surface area contributed by atoms with Crippen LogP contribution in [-0.2, 0) is 4.74 Å². The summed E-state index contributed by atoms with van der Waals surface area (Å²) in [5, 5.41) is 5.48. The van der Waals surface area contributed by atoms with Gasteiger partial charge in [0.15, 0.2) is 23.9 Å². The fourth-order valence-electron chi connectivity index (χ4n) is 2.09. The zero-order chi connectivity index (χ0) is 17.4. The van der Waals surface area contributed by atoms with Gasteiger partial charge < -0.3 is 24.8 Å². The lowest BCUT2D eigenvalue weighted by Gasteiger charge is -2.22. The number of alkyl halides is 1. The minimum absolute atomic E-state index is 0.108. The van der Waals surface area contributed by atoms with Gasteiger partial charge in [0.05, 0.1) is 13.7 Å². The number of rotatable bonds is 4. The van der Waals surface area contributed by atoms with Gasteiger partial charge in [0, 0.05) is 19.6 Å². The maximum absolute atomic E-state index is 12.1. The fourth-order valence-corrected chi connectivity index (χ4v) is 2.09. The summed E-state index contributed by atoms with van der Waals surface area (Å²) in [5.41, 5.74) is 0. The SMILES string of the molecule is COc1ccccc1OCC1CNC(=O)O1.FC1CNCCN1F. The largest absolute Gasteiger partial charge is 0.493 e. The van der Waals surface area contributed by atoms with Crippen molar-refractivity contribution in [2.75, 3.05) is 39.9 Å². The van der Waals surface area contributed by atoms with Crippen LogP contribution in [0, 0.1) is 0 Å². The standard InChI is InChI=1S/C11H13NO4.C4H8F2N2/c1-14-9-4-2-3-5-10(9)15-7-8-6-12-11(13)16-8;5-4-3-7-1-2-8(4)6/h2-5,8H,6-7H2,1H3,(H,12,13);4,7H,1-3H2. The molecule has 9 heteroatoms. The van der Waals surface area contributed by atoms with Gasteiger partial charge in [-0.05, 0) is 12.1 Å². The van der Waals surface area contributed by atoms with Crippen molar-refractivity contribution in [2.24, 2.45) is 0 Å². The number of cyclic esters (lactones) is 1. The number of carbonyl (C=O) groups excluding carboxylic acids is 1. The molecular formula is C15H21F2N3O4. The third-order valence-corrected chi connectivity index (χ3v) is 3.36. The Balaban J connectivity index is 0.000000219. The number of ether oxygens (including phenoxy) is 3. The van der Waals surface area contributed by atoms with Gasteiger partial charge in [0.25, 0.3) is 0 Å². The Hall–Kier alpha value is -2.13. The third kappa shape index (κ3) is 5.50. The van der Waals surface area contributed by atoms with Crippen LogP contribution in [0.25, 0.3) is 0 Å². The van der Waals surface area contributed by atoms with E-state index in [1.165, 1.54) is 0 Å². The van der Waals surface area contributed by atoms with Crippen molar-refractivity contribution >= 4 is 6.09 Å². The molecule has 2 fully saturated rings. The van der Waals surface area contributed by atoms with E-state index in [9.17, 15) is 13.7 Å². The molecule has 3 rings (SSSR count). The van der Waals surface area contributed by atoms with Crippen LogP contribution >= 0.6 is 0 Å². The van der Waals surface area contributed by atoms with Crippen molar-refractivity contribution in [3.63, 3.8) is 0 Å². The quantitative estimate of drug-likeness (QED) is 0.632. The summed E-state index contributed by atoms with van der Waals surface area (Å²) < 4.78 is 39.7. The number of amides is 1. The van der Waals surface area contributed by atoms with Crippen molar-refractivity contribution < 1.29 is 27.9 Å². The second-order valence-corrected chi connectivity index (χ2v) is 5.13. The van der Waals surface area contributed by atoms with E-state index in [1.807, 2.05) is 24.3 Å². The van der Waals surface area contributed by atoms with Crippen LogP contribution in [0.3, 0.4) is 0 Å². The van der Waals surface area contributed by atoms with Crippen molar-refractivity contribution in [1.82, 2.24) is 15.8 Å². The average Bonchev–Trinajstić information content (AvgIpc) is 3.02. The molecule has 0 radical (unpaired) electrons. The Morgan fingerprint density at radius 3 is 2.62 bits per heavy atom. The van der Waals surface area contributed by atoms with Crippen molar-refractivity contribution in [3.05, 3.63) is 24.3 Å². The molecule has 2 aliphatic rings. The number of nitrogens with zero attached hydrogens (tertiary/aromatic N) is 1. The molecule has 2 aliphatic heterocycles. The minimum Gasteiger partial charge on any atom is -0.493 e. The highest BCUT2D eigenvalue weighted by molar-refractivity contribution is 5.69. The molecule has 0 aromatic heterocycles. The molecule has 0 spiro atoms. The van der Waals surface area contributed by atoms with E-state index in [-0.39, 0.29) is 24.3 Å². The highest BCUT2D eigenvalue weighted by Crippen LogP contribution is 2.26. The minimum atomic E-state index is -1.44. The number of hydrogen-bond acceptors (Lipinski definition) is 6. The average molecular weight is 345 g/mol. The molecule has 2 atom stereocenters. The highest BCUT2D eigenvalue weighted by Gasteiger charge is 2.23. The Labute approximate surface area is 138 Å². The molecule has 1 amide bonds. The Kier molecular flexibility index (Phi) is 7.01. The fraction of sp³-hybridized carbons (Fsp3) is 0.533. The van der Waals surface area contributed by atoms with Gasteiger partial charge in [-0.1, -0.05) is 12.1 Å². The zero-order valence-corrected chi connectivity index (χ0v) is 13.3. The first kappa shape index (κ1) is 18.2. The monoisotopic (exact) mass is 345 g/mol. The van der Waals surface area contributed by atoms with Gasteiger partial charge in [0.1, 0.15) is 6.61 Å². The molecule has 2 heterocycles. The van der Waals surface area contributed by atoms with Crippen LogP contribution in [0.1, 0.15) is 0 Å². The molecular weight excluding hydrogens is 324 g/mol. The number of para-hydroxylation sites is 2. The number of methoxy groups -OCH3 is 1. The maximum Gasteiger partial charge on any atom is 0.407 e. The number of alkyl carbamates (subject to hydrolysis) is 1. The lowest BCUT2D eigenvalue weighted by atomic mass is 10.3. The predicted molar refractivity (Wildman–Crippen MR) is 82.3 cm³/mol. The topological polar surface area (TPSA) is 72.1 Å². The number of hydrogen-bond donors (Lipinski definition) is 2. The second-order valence-electron chi connectivity index (χ2n) is 5.13. The maximum atomic E-state index is 12.1. The van der Waals surface area contributed by atoms with Crippen LogP contribution in [-0.4, -0.2) is 63.5 Å². The smallest absolute Gasteiger partial charge is 0.407 e. The van der Waals surface area contributed by atoms with E-state index in [4.69, 9.17) is 14.2 Å².